The fourth-order valence-electron chi connectivity index (χ4n) is 2.99. The summed E-state index contributed by atoms with van der Waals surface area (Å²) in [6.07, 6.45) is 3.61. The Bertz CT molecular complexity index is 990. The highest BCUT2D eigenvalue weighted by Gasteiger charge is 2.16. The third-order valence-electron chi connectivity index (χ3n) is 4.53. The van der Waals surface area contributed by atoms with E-state index >= 15 is 0 Å². The third kappa shape index (κ3) is 4.43. The van der Waals surface area contributed by atoms with Crippen molar-refractivity contribution in [2.75, 3.05) is 7.11 Å². The van der Waals surface area contributed by atoms with E-state index in [4.69, 9.17) is 44.5 Å². The van der Waals surface area contributed by atoms with E-state index in [0.717, 1.165) is 40.8 Å². The Morgan fingerprint density at radius 1 is 0.929 bits per heavy atom. The van der Waals surface area contributed by atoms with E-state index in [1.807, 2.05) is 24.3 Å². The van der Waals surface area contributed by atoms with E-state index in [0.29, 0.717) is 21.8 Å². The highest BCUT2D eigenvalue weighted by molar-refractivity contribution is 6.43. The van der Waals surface area contributed by atoms with Crippen LogP contribution in [0.2, 0.25) is 15.2 Å². The molecule has 6 heteroatoms. The molecule has 2 heterocycles. The van der Waals surface area contributed by atoms with Crippen LogP contribution in [0.4, 0.5) is 0 Å². The lowest BCUT2D eigenvalue weighted by Crippen LogP contribution is -1.99. The molecule has 3 rings (SSSR count). The van der Waals surface area contributed by atoms with Crippen LogP contribution in [0.25, 0.3) is 22.4 Å². The molecule has 0 saturated heterocycles. The summed E-state index contributed by atoms with van der Waals surface area (Å²) < 4.78 is 5.53. The largest absolute Gasteiger partial charge is 0.481 e. The maximum Gasteiger partial charge on any atom is 0.216 e. The van der Waals surface area contributed by atoms with Gasteiger partial charge in [0.15, 0.2) is 0 Å². The lowest BCUT2D eigenvalue weighted by molar-refractivity contribution is 0.391. The Kier molecular flexibility index (Phi) is 6.82. The van der Waals surface area contributed by atoms with Gasteiger partial charge in [-0.25, -0.2) is 9.97 Å². The molecule has 28 heavy (non-hydrogen) atoms. The molecule has 0 bridgehead atoms. The first-order chi connectivity index (χ1) is 13.4. The number of pyridine rings is 2. The van der Waals surface area contributed by atoms with Crippen molar-refractivity contribution in [1.82, 2.24) is 9.97 Å². The SMILES string of the molecule is COc1nc(-c2cccc(-c3ccnc(Cl)c3Cl)c2Cl)ccc1CCC(C)C. The van der Waals surface area contributed by atoms with Crippen molar-refractivity contribution >= 4 is 34.8 Å². The monoisotopic (exact) mass is 434 g/mol. The average Bonchev–Trinajstić information content (AvgIpc) is 2.69. The number of rotatable bonds is 6. The van der Waals surface area contributed by atoms with Crippen LogP contribution in [-0.2, 0) is 6.42 Å². The number of aromatic nitrogens is 2. The second kappa shape index (κ2) is 9.13. The zero-order valence-corrected chi connectivity index (χ0v) is 18.2. The van der Waals surface area contributed by atoms with Crippen LogP contribution in [0.15, 0.2) is 42.6 Å². The van der Waals surface area contributed by atoms with Crippen LogP contribution >= 0.6 is 34.8 Å². The second-order valence-electron chi connectivity index (χ2n) is 6.93. The van der Waals surface area contributed by atoms with Gasteiger partial charge in [0.1, 0.15) is 5.15 Å². The maximum absolute atomic E-state index is 6.74. The number of methoxy groups -OCH3 is 1. The lowest BCUT2D eigenvalue weighted by atomic mass is 10.0. The molecule has 2 aromatic heterocycles. The van der Waals surface area contributed by atoms with Crippen molar-refractivity contribution in [1.29, 1.82) is 0 Å². The van der Waals surface area contributed by atoms with Gasteiger partial charge in [-0.1, -0.05) is 72.9 Å². The molecule has 0 aliphatic rings. The summed E-state index contributed by atoms with van der Waals surface area (Å²) in [5, 5.41) is 1.17. The number of benzene rings is 1. The molecule has 0 unspecified atom stereocenters. The Morgan fingerprint density at radius 2 is 1.64 bits per heavy atom. The van der Waals surface area contributed by atoms with E-state index in [2.05, 4.69) is 24.9 Å². The Hall–Kier alpha value is -1.81. The van der Waals surface area contributed by atoms with Gasteiger partial charge in [0.05, 0.1) is 22.8 Å². The van der Waals surface area contributed by atoms with Crippen LogP contribution in [-0.4, -0.2) is 17.1 Å². The van der Waals surface area contributed by atoms with E-state index in [1.165, 1.54) is 0 Å². The van der Waals surface area contributed by atoms with Gasteiger partial charge >= 0.3 is 0 Å². The molecule has 146 valence electrons. The first-order valence-electron chi connectivity index (χ1n) is 9.05. The maximum atomic E-state index is 6.74. The van der Waals surface area contributed by atoms with Crippen LogP contribution in [0.5, 0.6) is 5.88 Å². The van der Waals surface area contributed by atoms with Gasteiger partial charge in [-0.15, -0.1) is 0 Å². The normalized spacial score (nSPS) is 11.1. The molecule has 0 aliphatic heterocycles. The van der Waals surface area contributed by atoms with Crippen molar-refractivity contribution in [2.45, 2.75) is 26.7 Å². The number of halogens is 3. The molecule has 0 radical (unpaired) electrons. The van der Waals surface area contributed by atoms with Crippen LogP contribution in [0.1, 0.15) is 25.8 Å². The second-order valence-corrected chi connectivity index (χ2v) is 8.04. The minimum absolute atomic E-state index is 0.245. The van der Waals surface area contributed by atoms with Crippen molar-refractivity contribution in [3.63, 3.8) is 0 Å². The summed E-state index contributed by atoms with van der Waals surface area (Å²) in [7, 11) is 1.64. The van der Waals surface area contributed by atoms with Gasteiger partial charge < -0.3 is 4.74 Å². The summed E-state index contributed by atoms with van der Waals surface area (Å²) in [6.45, 7) is 4.41. The summed E-state index contributed by atoms with van der Waals surface area (Å²) in [5.41, 5.74) is 4.15. The average molecular weight is 436 g/mol. The quantitative estimate of drug-likeness (QED) is 0.379. The Labute approximate surface area is 180 Å². The fourth-order valence-corrected chi connectivity index (χ4v) is 3.69. The summed E-state index contributed by atoms with van der Waals surface area (Å²) >= 11 is 19.1. The molecule has 0 aliphatic carbocycles. The number of ether oxygens (including phenoxy) is 1. The van der Waals surface area contributed by atoms with Crippen LogP contribution in [0, 0.1) is 5.92 Å². The molecule has 0 amide bonds. The van der Waals surface area contributed by atoms with Crippen molar-refractivity contribution in [3.05, 3.63) is 63.4 Å². The van der Waals surface area contributed by atoms with Crippen LogP contribution < -0.4 is 4.74 Å². The third-order valence-corrected chi connectivity index (χ3v) is 5.71. The molecule has 0 N–H and O–H groups in total. The molecular weight excluding hydrogens is 415 g/mol. The summed E-state index contributed by atoms with van der Waals surface area (Å²) in [6, 6.07) is 11.6. The highest BCUT2D eigenvalue weighted by atomic mass is 35.5. The minimum Gasteiger partial charge on any atom is -0.481 e. The smallest absolute Gasteiger partial charge is 0.216 e. The van der Waals surface area contributed by atoms with E-state index in [9.17, 15) is 0 Å². The first kappa shape index (κ1) is 20.9. The first-order valence-corrected chi connectivity index (χ1v) is 10.2. The van der Waals surface area contributed by atoms with Crippen molar-refractivity contribution in [3.8, 4) is 28.3 Å². The van der Waals surface area contributed by atoms with Gasteiger partial charge in [-0.3, -0.25) is 0 Å². The van der Waals surface area contributed by atoms with E-state index < -0.39 is 0 Å². The van der Waals surface area contributed by atoms with E-state index in [-0.39, 0.29) is 5.15 Å². The van der Waals surface area contributed by atoms with Gasteiger partial charge in [0, 0.05) is 28.5 Å². The number of hydrogen-bond acceptors (Lipinski definition) is 3. The van der Waals surface area contributed by atoms with Crippen LogP contribution in [0.3, 0.4) is 0 Å². The molecular formula is C22H21Cl3N2O. The molecule has 0 atom stereocenters. The van der Waals surface area contributed by atoms with Crippen molar-refractivity contribution in [2.24, 2.45) is 5.92 Å². The zero-order chi connectivity index (χ0) is 20.3. The highest BCUT2D eigenvalue weighted by Crippen LogP contribution is 2.40. The molecule has 3 aromatic rings. The van der Waals surface area contributed by atoms with Gasteiger partial charge in [0.25, 0.3) is 0 Å². The predicted octanol–water partition coefficient (Wildman–Crippen LogP) is 7.37. The Morgan fingerprint density at radius 3 is 2.36 bits per heavy atom. The molecule has 0 spiro atoms. The number of nitrogens with zero attached hydrogens (tertiary/aromatic N) is 2. The summed E-state index contributed by atoms with van der Waals surface area (Å²) in [5.74, 6) is 1.25. The predicted molar refractivity (Wildman–Crippen MR) is 118 cm³/mol. The lowest BCUT2D eigenvalue weighted by Gasteiger charge is -2.14. The van der Waals surface area contributed by atoms with E-state index in [1.54, 1.807) is 19.4 Å². The molecule has 0 saturated carbocycles. The van der Waals surface area contributed by atoms with Gasteiger partial charge in [-0.05, 0) is 30.9 Å². The van der Waals surface area contributed by atoms with Crippen molar-refractivity contribution < 1.29 is 4.74 Å². The minimum atomic E-state index is 0.245. The standard InChI is InChI=1S/C22H21Cl3N2O/c1-13(2)7-8-14-9-10-18(27-22(14)28-3)17-6-4-5-15(19(17)23)16-11-12-26-21(25)20(16)24/h4-6,9-13H,7-8H2,1-3H3. The molecule has 0 fully saturated rings. The summed E-state index contributed by atoms with van der Waals surface area (Å²) in [4.78, 5) is 8.70. The topological polar surface area (TPSA) is 35.0 Å². The van der Waals surface area contributed by atoms with Gasteiger partial charge in [-0.2, -0.15) is 0 Å². The zero-order valence-electron chi connectivity index (χ0n) is 16.0. The molecule has 1 aromatic carbocycles. The number of hydrogen-bond donors (Lipinski definition) is 0. The Balaban J connectivity index is 2.04. The van der Waals surface area contributed by atoms with Gasteiger partial charge in [0.2, 0.25) is 5.88 Å². The molecule has 3 nitrogen and oxygen atoms in total. The fraction of sp³-hybridized carbons (Fsp3) is 0.273. The number of aryl methyl sites for hydroxylation is 1.